The van der Waals surface area contributed by atoms with Crippen LogP contribution in [-0.4, -0.2) is 28.9 Å². The number of aliphatic carboxylic acids is 1. The molecule has 0 fully saturated rings. The third-order valence-corrected chi connectivity index (χ3v) is 6.79. The van der Waals surface area contributed by atoms with Crippen LogP contribution in [-0.2, 0) is 9.59 Å². The molecule has 0 aromatic heterocycles. The van der Waals surface area contributed by atoms with Gasteiger partial charge in [0.25, 0.3) is 0 Å². The fraction of sp³-hybridized carbons (Fsp3) is 0.929. The van der Waals surface area contributed by atoms with Crippen molar-refractivity contribution in [1.29, 1.82) is 0 Å². The SMILES string of the molecule is CCCCCCCCCCCCCCCCCCCCCC(=O)C(N)CCC[C@H](N)C(=O)O. The first-order valence-corrected chi connectivity index (χ1v) is 14.3. The summed E-state index contributed by atoms with van der Waals surface area (Å²) >= 11 is 0. The Balaban J connectivity index is 3.28. The summed E-state index contributed by atoms with van der Waals surface area (Å²) in [5.41, 5.74) is 11.4. The standard InChI is InChI=1S/C28H56N2O3/c1-2-3-4-5-6-7-8-9-10-11-12-13-14-15-16-17-18-19-20-24-27(31)25(29)22-21-23-26(30)28(32)33/h25-26H,2-24,29-30H2,1H3,(H,32,33)/t25?,26-/m0/s1. The van der Waals surface area contributed by atoms with Gasteiger partial charge in [-0.3, -0.25) is 9.59 Å². The van der Waals surface area contributed by atoms with Crippen LogP contribution in [0.1, 0.15) is 155 Å². The lowest BCUT2D eigenvalue weighted by Crippen LogP contribution is -2.33. The van der Waals surface area contributed by atoms with Gasteiger partial charge < -0.3 is 16.6 Å². The highest BCUT2D eigenvalue weighted by Gasteiger charge is 2.15. The van der Waals surface area contributed by atoms with E-state index in [4.69, 9.17) is 16.6 Å². The minimum Gasteiger partial charge on any atom is -0.480 e. The highest BCUT2D eigenvalue weighted by atomic mass is 16.4. The van der Waals surface area contributed by atoms with Gasteiger partial charge in [-0.2, -0.15) is 0 Å². The van der Waals surface area contributed by atoms with Gasteiger partial charge in [-0.05, 0) is 25.7 Å². The van der Waals surface area contributed by atoms with E-state index in [1.165, 1.54) is 109 Å². The van der Waals surface area contributed by atoms with Crippen molar-refractivity contribution >= 4 is 11.8 Å². The molecule has 0 amide bonds. The van der Waals surface area contributed by atoms with Crippen molar-refractivity contribution in [3.8, 4) is 0 Å². The van der Waals surface area contributed by atoms with Crippen LogP contribution in [0, 0.1) is 0 Å². The molecule has 0 aliphatic rings. The smallest absolute Gasteiger partial charge is 0.320 e. The highest BCUT2D eigenvalue weighted by Crippen LogP contribution is 2.15. The van der Waals surface area contributed by atoms with Crippen LogP contribution in [0.2, 0.25) is 0 Å². The third kappa shape index (κ3) is 22.6. The van der Waals surface area contributed by atoms with E-state index in [0.717, 1.165) is 12.8 Å². The Morgan fingerprint density at radius 3 is 1.24 bits per heavy atom. The molecule has 1 unspecified atom stereocenters. The largest absolute Gasteiger partial charge is 0.480 e. The van der Waals surface area contributed by atoms with E-state index in [9.17, 15) is 9.59 Å². The number of carboxylic acids is 1. The first-order valence-electron chi connectivity index (χ1n) is 14.3. The number of Topliss-reactive ketones (excluding diaryl/α,β-unsaturated/α-hetero) is 1. The molecule has 2 atom stereocenters. The molecule has 0 spiro atoms. The first kappa shape index (κ1) is 32.1. The van der Waals surface area contributed by atoms with E-state index in [1.54, 1.807) is 0 Å². The number of carbonyl (C=O) groups excluding carboxylic acids is 1. The van der Waals surface area contributed by atoms with Crippen LogP contribution in [0.3, 0.4) is 0 Å². The topological polar surface area (TPSA) is 106 Å². The number of unbranched alkanes of at least 4 members (excludes halogenated alkanes) is 18. The van der Waals surface area contributed by atoms with Crippen molar-refractivity contribution in [2.75, 3.05) is 0 Å². The van der Waals surface area contributed by atoms with Crippen molar-refractivity contribution in [2.45, 2.75) is 167 Å². The Hall–Kier alpha value is -0.940. The number of nitrogens with two attached hydrogens (primary N) is 2. The molecule has 0 bridgehead atoms. The normalized spacial score (nSPS) is 13.2. The number of rotatable bonds is 26. The molecule has 5 heteroatoms. The maximum absolute atomic E-state index is 12.1. The number of ketones is 1. The molecular formula is C28H56N2O3. The van der Waals surface area contributed by atoms with E-state index in [2.05, 4.69) is 6.92 Å². The molecule has 0 heterocycles. The molecule has 0 saturated heterocycles. The zero-order chi connectivity index (χ0) is 24.6. The molecule has 5 nitrogen and oxygen atoms in total. The first-order chi connectivity index (χ1) is 16.0. The maximum atomic E-state index is 12.1. The minimum absolute atomic E-state index is 0.103. The summed E-state index contributed by atoms with van der Waals surface area (Å²) in [5.74, 6) is -0.894. The van der Waals surface area contributed by atoms with Gasteiger partial charge in [0.1, 0.15) is 11.8 Å². The zero-order valence-electron chi connectivity index (χ0n) is 21.8. The summed E-state index contributed by atoms with van der Waals surface area (Å²) in [6.07, 6.45) is 27.5. The second kappa shape index (κ2) is 24.2. The van der Waals surface area contributed by atoms with Gasteiger partial charge in [0, 0.05) is 6.42 Å². The van der Waals surface area contributed by atoms with Gasteiger partial charge in [0.05, 0.1) is 6.04 Å². The molecule has 0 aromatic carbocycles. The molecule has 0 saturated carbocycles. The van der Waals surface area contributed by atoms with Gasteiger partial charge >= 0.3 is 5.97 Å². The van der Waals surface area contributed by atoms with E-state index in [0.29, 0.717) is 25.7 Å². The molecule has 0 aromatic rings. The van der Waals surface area contributed by atoms with Gasteiger partial charge in [0.15, 0.2) is 0 Å². The summed E-state index contributed by atoms with van der Waals surface area (Å²) in [5, 5.41) is 8.76. The lowest BCUT2D eigenvalue weighted by Gasteiger charge is -2.11. The molecule has 0 radical (unpaired) electrons. The lowest BCUT2D eigenvalue weighted by molar-refractivity contribution is -0.138. The quantitative estimate of drug-likeness (QED) is 0.116. The Morgan fingerprint density at radius 2 is 0.879 bits per heavy atom. The second-order valence-electron chi connectivity index (χ2n) is 10.1. The van der Waals surface area contributed by atoms with Crippen LogP contribution in [0.4, 0.5) is 0 Å². The van der Waals surface area contributed by atoms with Crippen LogP contribution >= 0.6 is 0 Å². The molecule has 196 valence electrons. The minimum atomic E-state index is -0.996. The van der Waals surface area contributed by atoms with E-state index >= 15 is 0 Å². The van der Waals surface area contributed by atoms with Crippen molar-refractivity contribution in [2.24, 2.45) is 11.5 Å². The maximum Gasteiger partial charge on any atom is 0.320 e. The summed E-state index contributed by atoms with van der Waals surface area (Å²) in [7, 11) is 0. The number of hydrogen-bond donors (Lipinski definition) is 3. The predicted molar refractivity (Wildman–Crippen MR) is 140 cm³/mol. The third-order valence-electron chi connectivity index (χ3n) is 6.79. The fourth-order valence-electron chi connectivity index (χ4n) is 4.41. The predicted octanol–water partition coefficient (Wildman–Crippen LogP) is 7.29. The molecule has 0 aliphatic carbocycles. The molecule has 5 N–H and O–H groups in total. The summed E-state index contributed by atoms with van der Waals surface area (Å²) in [4.78, 5) is 22.7. The molecular weight excluding hydrogens is 412 g/mol. The average molecular weight is 469 g/mol. The van der Waals surface area contributed by atoms with Crippen molar-refractivity contribution in [3.63, 3.8) is 0 Å². The second-order valence-corrected chi connectivity index (χ2v) is 10.1. The van der Waals surface area contributed by atoms with Gasteiger partial charge in [-0.25, -0.2) is 0 Å². The van der Waals surface area contributed by atoms with Crippen LogP contribution in [0.25, 0.3) is 0 Å². The van der Waals surface area contributed by atoms with Crippen molar-refractivity contribution in [3.05, 3.63) is 0 Å². The summed E-state index contributed by atoms with van der Waals surface area (Å²) < 4.78 is 0. The number of carbonyl (C=O) groups is 2. The monoisotopic (exact) mass is 468 g/mol. The summed E-state index contributed by atoms with van der Waals surface area (Å²) in [6.45, 7) is 2.28. The van der Waals surface area contributed by atoms with Crippen LogP contribution in [0.5, 0.6) is 0 Å². The van der Waals surface area contributed by atoms with Gasteiger partial charge in [-0.1, -0.05) is 122 Å². The molecule has 0 aliphatic heterocycles. The van der Waals surface area contributed by atoms with E-state index < -0.39 is 18.1 Å². The Labute approximate surface area is 204 Å². The van der Waals surface area contributed by atoms with Gasteiger partial charge in [-0.15, -0.1) is 0 Å². The lowest BCUT2D eigenvalue weighted by atomic mass is 9.99. The van der Waals surface area contributed by atoms with E-state index in [-0.39, 0.29) is 5.78 Å². The zero-order valence-corrected chi connectivity index (χ0v) is 21.8. The summed E-state index contributed by atoms with van der Waals surface area (Å²) in [6, 6.07) is -1.33. The Kier molecular flexibility index (Phi) is 23.5. The molecule has 0 rings (SSSR count). The van der Waals surface area contributed by atoms with E-state index in [1.807, 2.05) is 0 Å². The Bertz CT molecular complexity index is 456. The number of carboxylic acid groups (broad SMARTS) is 1. The van der Waals surface area contributed by atoms with Crippen LogP contribution in [0.15, 0.2) is 0 Å². The Morgan fingerprint density at radius 1 is 0.545 bits per heavy atom. The molecule has 33 heavy (non-hydrogen) atoms. The van der Waals surface area contributed by atoms with Gasteiger partial charge in [0.2, 0.25) is 0 Å². The fourth-order valence-corrected chi connectivity index (χ4v) is 4.41. The van der Waals surface area contributed by atoms with Crippen LogP contribution < -0.4 is 11.5 Å². The van der Waals surface area contributed by atoms with Crippen molar-refractivity contribution in [1.82, 2.24) is 0 Å². The van der Waals surface area contributed by atoms with Crippen molar-refractivity contribution < 1.29 is 14.7 Å². The number of hydrogen-bond acceptors (Lipinski definition) is 4. The highest BCUT2D eigenvalue weighted by molar-refractivity contribution is 5.83. The average Bonchev–Trinajstić information content (AvgIpc) is 2.80.